The third-order valence-electron chi connectivity index (χ3n) is 2.81. The molecule has 1 heterocycles. The van der Waals surface area contributed by atoms with Crippen LogP contribution < -0.4 is 10.5 Å². The number of imidazole rings is 1. The maximum absolute atomic E-state index is 13.6. The van der Waals surface area contributed by atoms with Crippen molar-refractivity contribution in [2.24, 2.45) is 7.05 Å². The third-order valence-corrected chi connectivity index (χ3v) is 4.30. The Labute approximate surface area is 116 Å². The van der Waals surface area contributed by atoms with Gasteiger partial charge in [-0.15, -0.1) is 0 Å². The molecule has 0 atom stereocenters. The van der Waals surface area contributed by atoms with Crippen molar-refractivity contribution in [2.75, 3.05) is 12.3 Å². The first-order valence-electron chi connectivity index (χ1n) is 5.91. The molecule has 0 fully saturated rings. The summed E-state index contributed by atoms with van der Waals surface area (Å²) in [5.41, 5.74) is 5.56. The van der Waals surface area contributed by atoms with Gasteiger partial charge < -0.3 is 10.3 Å². The second kappa shape index (κ2) is 5.59. The minimum Gasteiger partial charge on any atom is -0.399 e. The Balaban J connectivity index is 2.06. The fourth-order valence-corrected chi connectivity index (χ4v) is 2.84. The molecule has 0 spiro atoms. The van der Waals surface area contributed by atoms with Crippen molar-refractivity contribution in [3.8, 4) is 0 Å². The van der Waals surface area contributed by atoms with E-state index in [1.807, 2.05) is 7.05 Å². The lowest BCUT2D eigenvalue weighted by molar-refractivity contribution is 0.556. The highest BCUT2D eigenvalue weighted by Crippen LogP contribution is 2.16. The molecule has 2 rings (SSSR count). The van der Waals surface area contributed by atoms with Gasteiger partial charge in [0.2, 0.25) is 10.0 Å². The highest BCUT2D eigenvalue weighted by atomic mass is 32.2. The van der Waals surface area contributed by atoms with Gasteiger partial charge in [-0.1, -0.05) is 0 Å². The van der Waals surface area contributed by atoms with Crippen LogP contribution in [0.3, 0.4) is 0 Å². The molecule has 0 saturated heterocycles. The molecular formula is C12H15FN4O2S. The summed E-state index contributed by atoms with van der Waals surface area (Å²) in [5.74, 6) is -0.125. The number of halogens is 1. The van der Waals surface area contributed by atoms with Gasteiger partial charge >= 0.3 is 0 Å². The van der Waals surface area contributed by atoms with Gasteiger partial charge in [-0.2, -0.15) is 0 Å². The summed E-state index contributed by atoms with van der Waals surface area (Å²) in [6.07, 6.45) is 3.81. The van der Waals surface area contributed by atoms with E-state index in [9.17, 15) is 12.8 Å². The van der Waals surface area contributed by atoms with Gasteiger partial charge in [0.05, 0.1) is 0 Å². The topological polar surface area (TPSA) is 90.0 Å². The van der Waals surface area contributed by atoms with Crippen LogP contribution in [0, 0.1) is 5.82 Å². The molecular weight excluding hydrogens is 283 g/mol. The second-order valence-corrected chi connectivity index (χ2v) is 6.03. The van der Waals surface area contributed by atoms with Crippen molar-refractivity contribution >= 4 is 15.7 Å². The number of nitrogens with zero attached hydrogens (tertiary/aromatic N) is 2. The smallest absolute Gasteiger partial charge is 0.243 e. The van der Waals surface area contributed by atoms with Gasteiger partial charge in [0.25, 0.3) is 0 Å². The maximum Gasteiger partial charge on any atom is 0.243 e. The van der Waals surface area contributed by atoms with Crippen molar-refractivity contribution in [2.45, 2.75) is 11.3 Å². The molecule has 1 aromatic carbocycles. The van der Waals surface area contributed by atoms with E-state index in [2.05, 4.69) is 9.71 Å². The van der Waals surface area contributed by atoms with Crippen molar-refractivity contribution in [3.05, 3.63) is 42.2 Å². The molecule has 0 saturated carbocycles. The van der Waals surface area contributed by atoms with E-state index in [1.54, 1.807) is 17.0 Å². The van der Waals surface area contributed by atoms with E-state index in [1.165, 1.54) is 6.07 Å². The van der Waals surface area contributed by atoms with Crippen LogP contribution in [0.2, 0.25) is 0 Å². The molecule has 0 bridgehead atoms. The lowest BCUT2D eigenvalue weighted by Crippen LogP contribution is -2.27. The SMILES string of the molecule is Cn1ccnc1CCNS(=O)(=O)c1ccc(N)cc1F. The van der Waals surface area contributed by atoms with E-state index in [0.29, 0.717) is 6.42 Å². The Morgan fingerprint density at radius 1 is 1.45 bits per heavy atom. The summed E-state index contributed by atoms with van der Waals surface area (Å²) in [6.45, 7) is 0.136. The summed E-state index contributed by atoms with van der Waals surface area (Å²) < 4.78 is 41.6. The summed E-state index contributed by atoms with van der Waals surface area (Å²) in [4.78, 5) is 3.66. The monoisotopic (exact) mass is 298 g/mol. The zero-order valence-electron chi connectivity index (χ0n) is 10.9. The van der Waals surface area contributed by atoms with Gasteiger partial charge in [-0.3, -0.25) is 0 Å². The number of aryl methyl sites for hydroxylation is 1. The Bertz CT molecular complexity index is 712. The Kier molecular flexibility index (Phi) is 4.05. The van der Waals surface area contributed by atoms with Crippen LogP contribution in [0.4, 0.5) is 10.1 Å². The molecule has 1 aromatic heterocycles. The predicted molar refractivity (Wildman–Crippen MR) is 72.9 cm³/mol. The first-order valence-corrected chi connectivity index (χ1v) is 7.39. The summed E-state index contributed by atoms with van der Waals surface area (Å²) in [7, 11) is -2.08. The number of sulfonamides is 1. The van der Waals surface area contributed by atoms with Gasteiger partial charge in [0, 0.05) is 38.1 Å². The quantitative estimate of drug-likeness (QED) is 0.794. The lowest BCUT2D eigenvalue weighted by Gasteiger charge is -2.08. The number of rotatable bonds is 5. The largest absolute Gasteiger partial charge is 0.399 e. The molecule has 2 aromatic rings. The van der Waals surface area contributed by atoms with E-state index < -0.39 is 20.7 Å². The fourth-order valence-electron chi connectivity index (χ4n) is 1.75. The van der Waals surface area contributed by atoms with E-state index in [0.717, 1.165) is 18.0 Å². The van der Waals surface area contributed by atoms with Crippen molar-refractivity contribution in [3.63, 3.8) is 0 Å². The molecule has 8 heteroatoms. The lowest BCUT2D eigenvalue weighted by atomic mass is 10.3. The average Bonchev–Trinajstić information content (AvgIpc) is 2.74. The Hall–Kier alpha value is -1.93. The predicted octanol–water partition coefficient (Wildman–Crippen LogP) is 0.662. The Morgan fingerprint density at radius 2 is 2.20 bits per heavy atom. The number of nitrogen functional groups attached to an aromatic ring is 1. The zero-order valence-corrected chi connectivity index (χ0v) is 11.7. The van der Waals surface area contributed by atoms with E-state index in [-0.39, 0.29) is 12.2 Å². The molecule has 108 valence electrons. The standard InChI is InChI=1S/C12H15FN4O2S/c1-17-7-6-15-12(17)4-5-16-20(18,19)11-3-2-9(14)8-10(11)13/h2-3,6-8,16H,4-5,14H2,1H3. The molecule has 0 aliphatic rings. The number of nitrogens with one attached hydrogen (secondary N) is 1. The van der Waals surface area contributed by atoms with Crippen LogP contribution in [-0.2, 0) is 23.5 Å². The first-order chi connectivity index (χ1) is 9.40. The molecule has 0 amide bonds. The average molecular weight is 298 g/mol. The number of aromatic nitrogens is 2. The van der Waals surface area contributed by atoms with Crippen LogP contribution in [0.1, 0.15) is 5.82 Å². The molecule has 6 nitrogen and oxygen atoms in total. The van der Waals surface area contributed by atoms with Crippen molar-refractivity contribution in [1.29, 1.82) is 0 Å². The van der Waals surface area contributed by atoms with Gasteiger partial charge in [-0.25, -0.2) is 22.5 Å². The molecule has 0 unspecified atom stereocenters. The highest BCUT2D eigenvalue weighted by molar-refractivity contribution is 7.89. The van der Waals surface area contributed by atoms with Crippen molar-refractivity contribution < 1.29 is 12.8 Å². The molecule has 3 N–H and O–H groups in total. The maximum atomic E-state index is 13.6. The first kappa shape index (κ1) is 14.5. The minimum absolute atomic E-state index is 0.136. The van der Waals surface area contributed by atoms with Crippen LogP contribution in [-0.4, -0.2) is 24.5 Å². The molecule has 20 heavy (non-hydrogen) atoms. The summed E-state index contributed by atoms with van der Waals surface area (Å²) in [6, 6.07) is 3.47. The minimum atomic E-state index is -3.89. The van der Waals surface area contributed by atoms with E-state index >= 15 is 0 Å². The van der Waals surface area contributed by atoms with Gasteiger partial charge in [0.15, 0.2) is 0 Å². The summed E-state index contributed by atoms with van der Waals surface area (Å²) in [5, 5.41) is 0. The van der Waals surface area contributed by atoms with Crippen molar-refractivity contribution in [1.82, 2.24) is 14.3 Å². The number of benzene rings is 1. The normalized spacial score (nSPS) is 11.7. The molecule has 0 radical (unpaired) electrons. The van der Waals surface area contributed by atoms with Gasteiger partial charge in [-0.05, 0) is 18.2 Å². The van der Waals surface area contributed by atoms with Crippen LogP contribution in [0.5, 0.6) is 0 Å². The third kappa shape index (κ3) is 3.14. The van der Waals surface area contributed by atoms with Crippen LogP contribution >= 0.6 is 0 Å². The molecule has 0 aliphatic carbocycles. The van der Waals surface area contributed by atoms with Gasteiger partial charge in [0.1, 0.15) is 16.5 Å². The number of hydrogen-bond acceptors (Lipinski definition) is 4. The number of nitrogens with two attached hydrogens (primary N) is 1. The fraction of sp³-hybridized carbons (Fsp3) is 0.250. The Morgan fingerprint density at radius 3 is 2.80 bits per heavy atom. The number of anilines is 1. The van der Waals surface area contributed by atoms with Crippen LogP contribution in [0.15, 0.2) is 35.5 Å². The second-order valence-electron chi connectivity index (χ2n) is 4.29. The zero-order chi connectivity index (χ0) is 14.8. The van der Waals surface area contributed by atoms with E-state index in [4.69, 9.17) is 5.73 Å². The highest BCUT2D eigenvalue weighted by Gasteiger charge is 2.18. The number of hydrogen-bond donors (Lipinski definition) is 2. The summed E-state index contributed by atoms with van der Waals surface area (Å²) >= 11 is 0. The molecule has 0 aliphatic heterocycles. The van der Waals surface area contributed by atoms with Crippen LogP contribution in [0.25, 0.3) is 0 Å².